The summed E-state index contributed by atoms with van der Waals surface area (Å²) < 4.78 is 11.5. The average Bonchev–Trinajstić information content (AvgIpc) is 3.61. The van der Waals surface area contributed by atoms with Gasteiger partial charge in [-0.2, -0.15) is 0 Å². The Morgan fingerprint density at radius 2 is 1.61 bits per heavy atom. The van der Waals surface area contributed by atoms with Gasteiger partial charge in [-0.1, -0.05) is 30.3 Å². The molecule has 7 nitrogen and oxygen atoms in total. The van der Waals surface area contributed by atoms with Crippen LogP contribution in [0.15, 0.2) is 60.7 Å². The molecule has 0 bridgehead atoms. The van der Waals surface area contributed by atoms with Gasteiger partial charge in [-0.05, 0) is 78.9 Å². The van der Waals surface area contributed by atoms with Crippen LogP contribution in [-0.2, 0) is 11.2 Å². The third-order valence-electron chi connectivity index (χ3n) is 7.32. The van der Waals surface area contributed by atoms with Gasteiger partial charge in [0, 0.05) is 18.3 Å². The van der Waals surface area contributed by atoms with Crippen LogP contribution in [0.3, 0.4) is 0 Å². The third-order valence-corrected chi connectivity index (χ3v) is 7.32. The molecule has 7 heteroatoms. The van der Waals surface area contributed by atoms with Crippen molar-refractivity contribution in [3.63, 3.8) is 0 Å². The number of hydrogen-bond acceptors (Lipinski definition) is 5. The zero-order chi connectivity index (χ0) is 24.6. The maximum absolute atomic E-state index is 13.4. The van der Waals surface area contributed by atoms with E-state index in [-0.39, 0.29) is 18.5 Å². The zero-order valence-electron chi connectivity index (χ0n) is 20.4. The maximum Gasteiger partial charge on any atom is 0.336 e. The standard InChI is InChI=1S/C29H29N3O4/c1-35-27-18-22(9-11-26(27)36-15-14-30-12-4-5-13-30)31-19-28(33)32(29(31)34)23-8-10-25-21(17-23)16-20-6-2-3-7-24(20)25/h2-3,6-11,17-18H,4-5,12-16,19H2,1H3. The van der Waals surface area contributed by atoms with Gasteiger partial charge in [0.1, 0.15) is 13.2 Å². The van der Waals surface area contributed by atoms with E-state index in [1.54, 1.807) is 13.2 Å². The van der Waals surface area contributed by atoms with Crippen molar-refractivity contribution in [2.45, 2.75) is 19.3 Å². The Kier molecular flexibility index (Phi) is 5.85. The Morgan fingerprint density at radius 1 is 0.833 bits per heavy atom. The number of benzene rings is 3. The van der Waals surface area contributed by atoms with Gasteiger partial charge in [0.2, 0.25) is 0 Å². The van der Waals surface area contributed by atoms with Gasteiger partial charge in [-0.25, -0.2) is 9.69 Å². The van der Waals surface area contributed by atoms with Crippen LogP contribution in [0, 0.1) is 0 Å². The number of urea groups is 1. The summed E-state index contributed by atoms with van der Waals surface area (Å²) in [5.74, 6) is 0.928. The van der Waals surface area contributed by atoms with Crippen LogP contribution in [0.2, 0.25) is 0 Å². The summed E-state index contributed by atoms with van der Waals surface area (Å²) in [6, 6.07) is 19.2. The monoisotopic (exact) mass is 483 g/mol. The predicted molar refractivity (Wildman–Crippen MR) is 139 cm³/mol. The maximum atomic E-state index is 13.4. The summed E-state index contributed by atoms with van der Waals surface area (Å²) in [6.07, 6.45) is 3.29. The fourth-order valence-corrected chi connectivity index (χ4v) is 5.46. The molecule has 3 aliphatic rings. The summed E-state index contributed by atoms with van der Waals surface area (Å²) in [4.78, 5) is 31.5. The summed E-state index contributed by atoms with van der Waals surface area (Å²) in [5.41, 5.74) is 5.98. The molecular formula is C29H29N3O4. The lowest BCUT2D eigenvalue weighted by atomic mass is 10.1. The van der Waals surface area contributed by atoms with E-state index < -0.39 is 0 Å². The number of fused-ring (bicyclic) bond motifs is 3. The van der Waals surface area contributed by atoms with Gasteiger partial charge >= 0.3 is 6.03 Å². The smallest absolute Gasteiger partial charge is 0.336 e. The molecule has 0 aromatic heterocycles. The molecule has 3 aromatic rings. The first-order valence-corrected chi connectivity index (χ1v) is 12.5. The molecule has 0 radical (unpaired) electrons. The van der Waals surface area contributed by atoms with Crippen molar-refractivity contribution in [1.82, 2.24) is 4.90 Å². The number of carbonyl (C=O) groups is 2. The topological polar surface area (TPSA) is 62.3 Å². The van der Waals surface area contributed by atoms with Crippen molar-refractivity contribution in [3.05, 3.63) is 71.8 Å². The molecule has 0 N–H and O–H groups in total. The van der Waals surface area contributed by atoms with Gasteiger partial charge < -0.3 is 9.47 Å². The molecule has 2 fully saturated rings. The van der Waals surface area contributed by atoms with Gasteiger partial charge in [0.15, 0.2) is 11.5 Å². The highest BCUT2D eigenvalue weighted by Gasteiger charge is 2.39. The second-order valence-corrected chi connectivity index (χ2v) is 9.51. The summed E-state index contributed by atoms with van der Waals surface area (Å²) in [5, 5.41) is 0. The first kappa shape index (κ1) is 22.6. The van der Waals surface area contributed by atoms with Crippen molar-refractivity contribution in [2.75, 3.05) is 49.7 Å². The van der Waals surface area contributed by atoms with E-state index in [4.69, 9.17) is 9.47 Å². The second-order valence-electron chi connectivity index (χ2n) is 9.51. The van der Waals surface area contributed by atoms with E-state index in [2.05, 4.69) is 17.0 Å². The highest BCUT2D eigenvalue weighted by molar-refractivity contribution is 6.27. The molecule has 184 valence electrons. The largest absolute Gasteiger partial charge is 0.493 e. The zero-order valence-corrected chi connectivity index (χ0v) is 20.4. The van der Waals surface area contributed by atoms with E-state index in [1.807, 2.05) is 42.5 Å². The molecule has 36 heavy (non-hydrogen) atoms. The molecule has 0 saturated carbocycles. The number of anilines is 2. The van der Waals surface area contributed by atoms with Crippen LogP contribution in [0.25, 0.3) is 11.1 Å². The van der Waals surface area contributed by atoms with Crippen molar-refractivity contribution in [1.29, 1.82) is 0 Å². The van der Waals surface area contributed by atoms with Gasteiger partial charge in [0.25, 0.3) is 5.91 Å². The molecule has 3 amide bonds. The minimum absolute atomic E-state index is 0.0194. The molecule has 2 aliphatic heterocycles. The van der Waals surface area contributed by atoms with E-state index in [1.165, 1.54) is 33.8 Å². The minimum atomic E-state index is -0.361. The van der Waals surface area contributed by atoms with Gasteiger partial charge in [-0.3, -0.25) is 14.6 Å². The Balaban J connectivity index is 1.19. The quantitative estimate of drug-likeness (QED) is 0.356. The summed E-state index contributed by atoms with van der Waals surface area (Å²) >= 11 is 0. The number of likely N-dealkylation sites (tertiary alicyclic amines) is 1. The molecule has 1 aliphatic carbocycles. The van der Waals surface area contributed by atoms with Crippen molar-refractivity contribution >= 4 is 23.3 Å². The fourth-order valence-electron chi connectivity index (χ4n) is 5.46. The molecule has 6 rings (SSSR count). The Bertz CT molecular complexity index is 1330. The highest BCUT2D eigenvalue weighted by atomic mass is 16.5. The lowest BCUT2D eigenvalue weighted by Crippen LogP contribution is -2.33. The van der Waals surface area contributed by atoms with Crippen molar-refractivity contribution in [2.24, 2.45) is 0 Å². The van der Waals surface area contributed by atoms with E-state index >= 15 is 0 Å². The highest BCUT2D eigenvalue weighted by Crippen LogP contribution is 2.39. The first-order chi connectivity index (χ1) is 17.6. The summed E-state index contributed by atoms with van der Waals surface area (Å²) in [6.45, 7) is 3.68. The van der Waals surface area contributed by atoms with E-state index in [0.717, 1.165) is 37.2 Å². The van der Waals surface area contributed by atoms with E-state index in [0.29, 0.717) is 29.5 Å². The van der Waals surface area contributed by atoms with Crippen molar-refractivity contribution < 1.29 is 19.1 Å². The number of nitrogens with zero attached hydrogens (tertiary/aromatic N) is 3. The molecule has 0 spiro atoms. The van der Waals surface area contributed by atoms with E-state index in [9.17, 15) is 9.59 Å². The molecular weight excluding hydrogens is 454 g/mol. The van der Waals surface area contributed by atoms with Crippen LogP contribution in [0.5, 0.6) is 11.5 Å². The molecule has 2 heterocycles. The van der Waals surface area contributed by atoms with Crippen LogP contribution >= 0.6 is 0 Å². The lowest BCUT2D eigenvalue weighted by Gasteiger charge is -2.20. The Labute approximate surface area is 210 Å². The minimum Gasteiger partial charge on any atom is -0.493 e. The molecule has 2 saturated heterocycles. The Morgan fingerprint density at radius 3 is 2.44 bits per heavy atom. The van der Waals surface area contributed by atoms with Crippen LogP contribution < -0.4 is 19.3 Å². The number of imide groups is 1. The van der Waals surface area contributed by atoms with Crippen molar-refractivity contribution in [3.8, 4) is 22.6 Å². The number of carbonyl (C=O) groups excluding carboxylic acids is 2. The van der Waals surface area contributed by atoms with Crippen LogP contribution in [0.4, 0.5) is 16.2 Å². The number of methoxy groups -OCH3 is 1. The lowest BCUT2D eigenvalue weighted by molar-refractivity contribution is -0.115. The van der Waals surface area contributed by atoms with Crippen LogP contribution in [-0.4, -0.2) is 56.7 Å². The summed E-state index contributed by atoms with van der Waals surface area (Å²) in [7, 11) is 1.58. The molecule has 3 aromatic carbocycles. The second kappa shape index (κ2) is 9.32. The predicted octanol–water partition coefficient (Wildman–Crippen LogP) is 4.71. The number of ether oxygens (including phenoxy) is 2. The molecule has 0 atom stereocenters. The SMILES string of the molecule is COc1cc(N2CC(=O)N(c3ccc4c(c3)Cc3ccccc3-4)C2=O)ccc1OCCN1CCCC1. The van der Waals surface area contributed by atoms with Gasteiger partial charge in [-0.15, -0.1) is 0 Å². The number of rotatable bonds is 7. The fraction of sp³-hybridized carbons (Fsp3) is 0.310. The average molecular weight is 484 g/mol. The van der Waals surface area contributed by atoms with Crippen LogP contribution in [0.1, 0.15) is 24.0 Å². The number of amides is 3. The molecule has 0 unspecified atom stereocenters. The normalized spacial score (nSPS) is 17.0. The first-order valence-electron chi connectivity index (χ1n) is 12.5. The third kappa shape index (κ3) is 3.99. The number of hydrogen-bond donors (Lipinski definition) is 0. The Hall–Kier alpha value is -3.84. The van der Waals surface area contributed by atoms with Gasteiger partial charge in [0.05, 0.1) is 12.8 Å².